The van der Waals surface area contributed by atoms with E-state index in [1.165, 1.54) is 0 Å². The molecule has 1 N–H and O–H groups in total. The minimum absolute atomic E-state index is 0.181. The van der Waals surface area contributed by atoms with E-state index in [2.05, 4.69) is 10.4 Å². The monoisotopic (exact) mass is 430 g/mol. The summed E-state index contributed by atoms with van der Waals surface area (Å²) in [6.45, 7) is 2.50. The number of hydrogen-bond donors (Lipinski definition) is 1. The molecule has 164 valence electrons. The summed E-state index contributed by atoms with van der Waals surface area (Å²) >= 11 is 0. The van der Waals surface area contributed by atoms with Crippen molar-refractivity contribution in [3.63, 3.8) is 0 Å². The lowest BCUT2D eigenvalue weighted by molar-refractivity contribution is 0.0954. The molecule has 2 aromatic carbocycles. The van der Waals surface area contributed by atoms with Gasteiger partial charge in [-0.2, -0.15) is 5.10 Å². The standard InChI is InChI=1S/C25H26N4O3/c1-18-6-9-20(10-7-18)29-25(28-14-4-5-15-28)22(17-27-29)24(30)26-13-12-19-8-11-21(31-2)16-23(19)32-3/h4-11,14-17H,12-13H2,1-3H3,(H,26,30). The van der Waals surface area contributed by atoms with Gasteiger partial charge in [0, 0.05) is 25.0 Å². The number of benzene rings is 2. The molecule has 0 saturated heterocycles. The van der Waals surface area contributed by atoms with Crippen molar-refractivity contribution in [2.75, 3.05) is 20.8 Å². The maximum absolute atomic E-state index is 13.1. The summed E-state index contributed by atoms with van der Waals surface area (Å²) in [5.74, 6) is 1.98. The zero-order valence-electron chi connectivity index (χ0n) is 18.4. The van der Waals surface area contributed by atoms with Crippen LogP contribution in [0, 0.1) is 6.92 Å². The molecule has 0 aliphatic rings. The number of amides is 1. The first-order valence-electron chi connectivity index (χ1n) is 10.4. The highest BCUT2D eigenvalue weighted by Gasteiger charge is 2.20. The third-order valence-electron chi connectivity index (χ3n) is 5.29. The van der Waals surface area contributed by atoms with Gasteiger partial charge in [-0.15, -0.1) is 0 Å². The average Bonchev–Trinajstić information content (AvgIpc) is 3.49. The van der Waals surface area contributed by atoms with Crippen LogP contribution < -0.4 is 14.8 Å². The molecule has 2 aromatic heterocycles. The first-order chi connectivity index (χ1) is 15.6. The molecule has 1 amide bonds. The summed E-state index contributed by atoms with van der Waals surface area (Å²) in [4.78, 5) is 13.1. The Kier molecular flexibility index (Phi) is 6.26. The third-order valence-corrected chi connectivity index (χ3v) is 5.29. The summed E-state index contributed by atoms with van der Waals surface area (Å²) in [6, 6.07) is 17.6. The number of carbonyl (C=O) groups excluding carboxylic acids is 1. The summed E-state index contributed by atoms with van der Waals surface area (Å²) in [5.41, 5.74) is 3.55. The molecule has 0 spiro atoms. The Hall–Kier alpha value is -4.00. The first kappa shape index (κ1) is 21.2. The molecule has 0 unspecified atom stereocenters. The van der Waals surface area contributed by atoms with Crippen LogP contribution >= 0.6 is 0 Å². The molecule has 0 saturated carbocycles. The predicted octanol–water partition coefficient (Wildman–Crippen LogP) is 3.96. The van der Waals surface area contributed by atoms with Gasteiger partial charge in [0.05, 0.1) is 26.1 Å². The van der Waals surface area contributed by atoms with Crippen LogP contribution in [0.15, 0.2) is 73.2 Å². The van der Waals surface area contributed by atoms with Gasteiger partial charge in [-0.1, -0.05) is 23.8 Å². The van der Waals surface area contributed by atoms with E-state index in [1.54, 1.807) is 25.1 Å². The lowest BCUT2D eigenvalue weighted by atomic mass is 10.1. The summed E-state index contributed by atoms with van der Waals surface area (Å²) in [6.07, 6.45) is 6.05. The van der Waals surface area contributed by atoms with Gasteiger partial charge in [0.15, 0.2) is 5.82 Å². The van der Waals surface area contributed by atoms with E-state index < -0.39 is 0 Å². The van der Waals surface area contributed by atoms with Crippen molar-refractivity contribution in [2.45, 2.75) is 13.3 Å². The molecule has 7 nitrogen and oxygen atoms in total. The molecule has 32 heavy (non-hydrogen) atoms. The van der Waals surface area contributed by atoms with Gasteiger partial charge in [-0.05, 0) is 49.2 Å². The van der Waals surface area contributed by atoms with Crippen molar-refractivity contribution in [1.82, 2.24) is 19.7 Å². The van der Waals surface area contributed by atoms with Crippen molar-refractivity contribution in [2.24, 2.45) is 0 Å². The molecule has 2 heterocycles. The van der Waals surface area contributed by atoms with Gasteiger partial charge >= 0.3 is 0 Å². The van der Waals surface area contributed by atoms with E-state index in [-0.39, 0.29) is 5.91 Å². The third kappa shape index (κ3) is 4.37. The lowest BCUT2D eigenvalue weighted by Gasteiger charge is -2.12. The molecule has 0 fully saturated rings. The van der Waals surface area contributed by atoms with E-state index >= 15 is 0 Å². The van der Waals surface area contributed by atoms with Crippen LogP contribution in [-0.4, -0.2) is 41.0 Å². The van der Waals surface area contributed by atoms with Gasteiger partial charge in [0.2, 0.25) is 0 Å². The maximum atomic E-state index is 13.1. The normalized spacial score (nSPS) is 10.7. The van der Waals surface area contributed by atoms with Gasteiger partial charge in [0.25, 0.3) is 5.91 Å². The predicted molar refractivity (Wildman–Crippen MR) is 123 cm³/mol. The van der Waals surface area contributed by atoms with Crippen molar-refractivity contribution in [1.29, 1.82) is 0 Å². The Bertz CT molecular complexity index is 1190. The Balaban J connectivity index is 1.55. The van der Waals surface area contributed by atoms with E-state index in [9.17, 15) is 4.79 Å². The van der Waals surface area contributed by atoms with Crippen molar-refractivity contribution in [3.05, 3.63) is 89.9 Å². The van der Waals surface area contributed by atoms with E-state index in [1.807, 2.05) is 78.5 Å². The second kappa shape index (κ2) is 9.43. The molecule has 0 aliphatic carbocycles. The van der Waals surface area contributed by atoms with Gasteiger partial charge in [-0.3, -0.25) is 4.79 Å². The highest BCUT2D eigenvalue weighted by molar-refractivity contribution is 5.97. The number of nitrogens with one attached hydrogen (secondary N) is 1. The fourth-order valence-electron chi connectivity index (χ4n) is 3.57. The maximum Gasteiger partial charge on any atom is 0.256 e. The lowest BCUT2D eigenvalue weighted by Crippen LogP contribution is -2.26. The van der Waals surface area contributed by atoms with Crippen LogP contribution in [0.5, 0.6) is 11.5 Å². The topological polar surface area (TPSA) is 70.3 Å². The number of aryl methyl sites for hydroxylation is 1. The van der Waals surface area contributed by atoms with Crippen LogP contribution in [0.3, 0.4) is 0 Å². The molecular formula is C25H26N4O3. The number of aromatic nitrogens is 3. The van der Waals surface area contributed by atoms with Crippen molar-refractivity contribution >= 4 is 5.91 Å². The summed E-state index contributed by atoms with van der Waals surface area (Å²) in [7, 11) is 3.24. The number of methoxy groups -OCH3 is 2. The van der Waals surface area contributed by atoms with Gasteiger partial charge in [0.1, 0.15) is 17.1 Å². The number of hydrogen-bond acceptors (Lipinski definition) is 4. The SMILES string of the molecule is COc1ccc(CCNC(=O)c2cnn(-c3ccc(C)cc3)c2-n2cccc2)c(OC)c1. The van der Waals surface area contributed by atoms with E-state index in [0.717, 1.165) is 28.3 Å². The van der Waals surface area contributed by atoms with E-state index in [4.69, 9.17) is 9.47 Å². The summed E-state index contributed by atoms with van der Waals surface area (Å²) in [5, 5.41) is 7.52. The smallest absolute Gasteiger partial charge is 0.256 e. The number of carbonyl (C=O) groups is 1. The summed E-state index contributed by atoms with van der Waals surface area (Å²) < 4.78 is 14.4. The van der Waals surface area contributed by atoms with Crippen LogP contribution in [-0.2, 0) is 6.42 Å². The fraction of sp³-hybridized carbons (Fsp3) is 0.200. The van der Waals surface area contributed by atoms with Crippen molar-refractivity contribution in [3.8, 4) is 23.0 Å². The van der Waals surface area contributed by atoms with Gasteiger partial charge < -0.3 is 19.4 Å². The van der Waals surface area contributed by atoms with E-state index in [0.29, 0.717) is 24.3 Å². The van der Waals surface area contributed by atoms with Crippen molar-refractivity contribution < 1.29 is 14.3 Å². The van der Waals surface area contributed by atoms with Crippen LogP contribution in [0.4, 0.5) is 0 Å². The average molecular weight is 431 g/mol. The Morgan fingerprint density at radius 3 is 2.47 bits per heavy atom. The minimum Gasteiger partial charge on any atom is -0.497 e. The first-order valence-corrected chi connectivity index (χ1v) is 10.4. The molecule has 4 aromatic rings. The molecule has 7 heteroatoms. The van der Waals surface area contributed by atoms with Crippen LogP contribution in [0.1, 0.15) is 21.5 Å². The molecule has 0 radical (unpaired) electrons. The molecule has 4 rings (SSSR count). The zero-order valence-corrected chi connectivity index (χ0v) is 18.4. The number of nitrogens with zero attached hydrogens (tertiary/aromatic N) is 3. The van der Waals surface area contributed by atoms with Crippen LogP contribution in [0.2, 0.25) is 0 Å². The number of rotatable bonds is 8. The number of ether oxygens (including phenoxy) is 2. The molecule has 0 bridgehead atoms. The quantitative estimate of drug-likeness (QED) is 0.459. The molecule has 0 atom stereocenters. The zero-order chi connectivity index (χ0) is 22.5. The molecular weight excluding hydrogens is 404 g/mol. The highest BCUT2D eigenvalue weighted by atomic mass is 16.5. The molecule has 0 aliphatic heterocycles. The fourth-order valence-corrected chi connectivity index (χ4v) is 3.57. The minimum atomic E-state index is -0.181. The Morgan fingerprint density at radius 2 is 1.78 bits per heavy atom. The second-order valence-corrected chi connectivity index (χ2v) is 7.40. The second-order valence-electron chi connectivity index (χ2n) is 7.40. The highest BCUT2D eigenvalue weighted by Crippen LogP contribution is 2.25. The Labute approximate surface area is 187 Å². The largest absolute Gasteiger partial charge is 0.497 e. The Morgan fingerprint density at radius 1 is 1.03 bits per heavy atom. The van der Waals surface area contributed by atoms with Gasteiger partial charge in [-0.25, -0.2) is 4.68 Å². The van der Waals surface area contributed by atoms with Crippen LogP contribution in [0.25, 0.3) is 11.5 Å².